The third-order valence-electron chi connectivity index (χ3n) is 9.66. The Bertz CT molecular complexity index is 2450. The minimum atomic E-state index is -1.46. The highest BCUT2D eigenvalue weighted by Crippen LogP contribution is 2.38. The van der Waals surface area contributed by atoms with E-state index < -0.39 is 16.1 Å². The average Bonchev–Trinajstić information content (AvgIpc) is 3.52. The van der Waals surface area contributed by atoms with E-state index >= 15 is 0 Å². The fourth-order valence-corrected chi connectivity index (χ4v) is 10.0. The highest BCUT2D eigenvalue weighted by atomic mass is 32.1. The Kier molecular flexibility index (Phi) is 8.41. The number of thiophene rings is 1. The van der Waals surface area contributed by atoms with Crippen molar-refractivity contribution >= 4 is 58.0 Å². The maximum atomic E-state index is 5.20. The number of benzene rings is 6. The average molecular weight is 712 g/mol. The third kappa shape index (κ3) is 6.75. The predicted molar refractivity (Wildman–Crippen MR) is 226 cm³/mol. The fraction of sp³-hybridized carbons (Fsp3) is 0.133. The monoisotopic (exact) mass is 711 g/mol. The second-order valence-electron chi connectivity index (χ2n) is 15.4. The van der Waals surface area contributed by atoms with Crippen molar-refractivity contribution in [3.05, 3.63) is 140 Å². The molecule has 0 bridgehead atoms. The first-order chi connectivity index (χ1) is 24.5. The lowest BCUT2D eigenvalue weighted by atomic mass is 9.95. The van der Waals surface area contributed by atoms with E-state index in [0.29, 0.717) is 17.5 Å². The number of aromatic nitrogens is 3. The summed E-state index contributed by atoms with van der Waals surface area (Å²) < 4.78 is 2.61. The zero-order chi connectivity index (χ0) is 35.3. The molecule has 0 aliphatic carbocycles. The SMILES string of the molecule is C[Si](C)(C)c1ccc(-c2nc(-c3ccc([Si](C)(C)C)cc3)nc(-c3cc(-c4ccccc4)cc(-c4ccc5sc6ccccc6c5c4)c3)n2)cc1. The van der Waals surface area contributed by atoms with Gasteiger partial charge in [-0.1, -0.05) is 153 Å². The molecular formula is C45H41N3SSi2. The van der Waals surface area contributed by atoms with Crippen molar-refractivity contribution in [1.82, 2.24) is 15.0 Å². The van der Waals surface area contributed by atoms with E-state index in [2.05, 4.69) is 179 Å². The van der Waals surface area contributed by atoms with Crippen molar-refractivity contribution < 1.29 is 0 Å². The van der Waals surface area contributed by atoms with E-state index in [1.165, 1.54) is 36.1 Å². The van der Waals surface area contributed by atoms with Crippen LogP contribution in [0.15, 0.2) is 140 Å². The van der Waals surface area contributed by atoms with Gasteiger partial charge >= 0.3 is 0 Å². The van der Waals surface area contributed by atoms with Crippen LogP contribution in [0.1, 0.15) is 0 Å². The smallest absolute Gasteiger partial charge is 0.164 e. The molecule has 0 N–H and O–H groups in total. The van der Waals surface area contributed by atoms with Crippen molar-refractivity contribution in [3.63, 3.8) is 0 Å². The van der Waals surface area contributed by atoms with Gasteiger partial charge in [0.1, 0.15) is 0 Å². The van der Waals surface area contributed by atoms with Crippen LogP contribution >= 0.6 is 11.3 Å². The van der Waals surface area contributed by atoms with Crippen molar-refractivity contribution in [2.45, 2.75) is 39.3 Å². The molecule has 0 saturated carbocycles. The first kappa shape index (κ1) is 33.1. The summed E-state index contributed by atoms with van der Waals surface area (Å²) in [5.41, 5.74) is 7.53. The van der Waals surface area contributed by atoms with E-state index in [1.54, 1.807) is 0 Å². The molecule has 8 rings (SSSR count). The standard InChI is InChI=1S/C45H41N3SSi2/c1-50(2,3)37-21-16-31(17-22-37)43-46-44(32-18-23-38(24-19-32)51(4,5)6)48-45(47-43)36-27-34(30-12-8-7-9-13-30)26-35(28-36)33-20-25-42-40(29-33)39-14-10-11-15-41(39)49-42/h7-29H,1-6H3. The number of fused-ring (bicyclic) bond motifs is 3. The molecule has 0 fully saturated rings. The fourth-order valence-electron chi connectivity index (χ4n) is 6.63. The lowest BCUT2D eigenvalue weighted by Gasteiger charge is -2.17. The molecule has 0 aliphatic rings. The van der Waals surface area contributed by atoms with Crippen LogP contribution in [-0.2, 0) is 0 Å². The van der Waals surface area contributed by atoms with Gasteiger partial charge in [-0.25, -0.2) is 15.0 Å². The Morgan fingerprint density at radius 3 is 1.37 bits per heavy atom. The van der Waals surface area contributed by atoms with Gasteiger partial charge in [-0.15, -0.1) is 11.3 Å². The normalized spacial score (nSPS) is 12.1. The van der Waals surface area contributed by atoms with Crippen LogP contribution < -0.4 is 10.4 Å². The van der Waals surface area contributed by atoms with E-state index in [1.807, 2.05) is 11.3 Å². The topological polar surface area (TPSA) is 38.7 Å². The van der Waals surface area contributed by atoms with Gasteiger partial charge in [0.05, 0.1) is 16.1 Å². The molecule has 0 atom stereocenters. The molecule has 0 spiro atoms. The molecule has 2 aromatic heterocycles. The van der Waals surface area contributed by atoms with Crippen molar-refractivity contribution in [2.75, 3.05) is 0 Å². The molecule has 250 valence electrons. The summed E-state index contributed by atoms with van der Waals surface area (Å²) >= 11 is 1.85. The molecule has 0 amide bonds. The first-order valence-corrected chi connectivity index (χ1v) is 25.4. The molecule has 0 radical (unpaired) electrons. The van der Waals surface area contributed by atoms with Gasteiger partial charge < -0.3 is 0 Å². The molecule has 3 nitrogen and oxygen atoms in total. The van der Waals surface area contributed by atoms with Crippen molar-refractivity contribution in [1.29, 1.82) is 0 Å². The maximum Gasteiger partial charge on any atom is 0.164 e. The van der Waals surface area contributed by atoms with Crippen LogP contribution in [0.25, 0.3) is 76.6 Å². The molecule has 8 aromatic rings. The highest BCUT2D eigenvalue weighted by molar-refractivity contribution is 7.25. The lowest BCUT2D eigenvalue weighted by molar-refractivity contribution is 1.07. The van der Waals surface area contributed by atoms with Crippen LogP contribution in [0.2, 0.25) is 39.3 Å². The Morgan fingerprint density at radius 2 is 0.804 bits per heavy atom. The minimum absolute atomic E-state index is 0.666. The Labute approximate surface area is 306 Å². The largest absolute Gasteiger partial charge is 0.208 e. The van der Waals surface area contributed by atoms with Crippen LogP contribution in [0.3, 0.4) is 0 Å². The summed E-state index contributed by atoms with van der Waals surface area (Å²) in [5.74, 6) is 2.04. The van der Waals surface area contributed by atoms with Gasteiger partial charge in [-0.05, 0) is 58.7 Å². The van der Waals surface area contributed by atoms with E-state index in [4.69, 9.17) is 15.0 Å². The molecule has 0 unspecified atom stereocenters. The molecule has 6 heteroatoms. The predicted octanol–water partition coefficient (Wildman–Crippen LogP) is 11.7. The second-order valence-corrected chi connectivity index (χ2v) is 26.7. The lowest BCUT2D eigenvalue weighted by Crippen LogP contribution is -2.37. The molecule has 51 heavy (non-hydrogen) atoms. The Morgan fingerprint density at radius 1 is 0.353 bits per heavy atom. The van der Waals surface area contributed by atoms with Crippen LogP contribution in [0.5, 0.6) is 0 Å². The molecular weight excluding hydrogens is 671 g/mol. The van der Waals surface area contributed by atoms with Gasteiger partial charge in [-0.3, -0.25) is 0 Å². The van der Waals surface area contributed by atoms with Gasteiger partial charge in [0, 0.05) is 36.9 Å². The summed E-state index contributed by atoms with van der Waals surface area (Å²) in [5, 5.41) is 5.41. The number of hydrogen-bond acceptors (Lipinski definition) is 4. The quantitative estimate of drug-likeness (QED) is 0.155. The Hall–Kier alpha value is -5.02. The number of hydrogen-bond donors (Lipinski definition) is 0. The third-order valence-corrected chi connectivity index (χ3v) is 14.9. The molecule has 0 aliphatic heterocycles. The summed E-state index contributed by atoms with van der Waals surface area (Å²) in [6.45, 7) is 14.3. The molecule has 6 aromatic carbocycles. The second kappa shape index (κ2) is 12.9. The van der Waals surface area contributed by atoms with Crippen LogP contribution in [0.4, 0.5) is 0 Å². The first-order valence-electron chi connectivity index (χ1n) is 17.6. The molecule has 0 saturated heterocycles. The van der Waals surface area contributed by atoms with E-state index in [0.717, 1.165) is 33.4 Å². The summed E-state index contributed by atoms with van der Waals surface area (Å²) in [6.07, 6.45) is 0. The van der Waals surface area contributed by atoms with Gasteiger partial charge in [0.2, 0.25) is 0 Å². The van der Waals surface area contributed by atoms with Gasteiger partial charge in [0.25, 0.3) is 0 Å². The zero-order valence-electron chi connectivity index (χ0n) is 30.0. The van der Waals surface area contributed by atoms with Gasteiger partial charge in [-0.2, -0.15) is 0 Å². The maximum absolute atomic E-state index is 5.20. The number of rotatable bonds is 7. The summed E-state index contributed by atoms with van der Waals surface area (Å²) in [7, 11) is -2.92. The number of nitrogens with zero attached hydrogens (tertiary/aromatic N) is 3. The minimum Gasteiger partial charge on any atom is -0.208 e. The van der Waals surface area contributed by atoms with E-state index in [9.17, 15) is 0 Å². The zero-order valence-corrected chi connectivity index (χ0v) is 32.8. The molecule has 2 heterocycles. The van der Waals surface area contributed by atoms with Crippen molar-refractivity contribution in [3.8, 4) is 56.4 Å². The van der Waals surface area contributed by atoms with E-state index in [-0.39, 0.29) is 0 Å². The summed E-state index contributed by atoms with van der Waals surface area (Å²) in [6, 6.07) is 50.6. The van der Waals surface area contributed by atoms with Crippen LogP contribution in [0, 0.1) is 0 Å². The van der Waals surface area contributed by atoms with Crippen molar-refractivity contribution in [2.24, 2.45) is 0 Å². The van der Waals surface area contributed by atoms with Crippen LogP contribution in [-0.4, -0.2) is 31.1 Å². The van der Waals surface area contributed by atoms with Gasteiger partial charge in [0.15, 0.2) is 17.5 Å². The summed E-state index contributed by atoms with van der Waals surface area (Å²) in [4.78, 5) is 15.5. The highest BCUT2D eigenvalue weighted by Gasteiger charge is 2.20. The Balaban J connectivity index is 1.32.